The van der Waals surface area contributed by atoms with Crippen LogP contribution in [0.5, 0.6) is 0 Å². The van der Waals surface area contributed by atoms with Gasteiger partial charge in [0.05, 0.1) is 4.90 Å². The molecule has 1 atom stereocenters. The number of rotatable bonds is 10. The zero-order valence-corrected chi connectivity index (χ0v) is 24.2. The summed E-state index contributed by atoms with van der Waals surface area (Å²) in [5, 5.41) is 4.79. The van der Waals surface area contributed by atoms with E-state index in [9.17, 15) is 22.8 Å². The number of nitrogens with zero attached hydrogens (tertiary/aromatic N) is 1. The first-order valence-electron chi connectivity index (χ1n) is 13.1. The van der Waals surface area contributed by atoms with Crippen LogP contribution in [0.2, 0.25) is 5.02 Å². The van der Waals surface area contributed by atoms with E-state index >= 15 is 0 Å². The van der Waals surface area contributed by atoms with Crippen molar-refractivity contribution in [2.24, 2.45) is 5.92 Å². The van der Waals surface area contributed by atoms with Crippen molar-refractivity contribution in [3.8, 4) is 0 Å². The number of halogens is 1. The second-order valence-electron chi connectivity index (χ2n) is 9.41. The van der Waals surface area contributed by atoms with Crippen LogP contribution in [0.1, 0.15) is 29.8 Å². The van der Waals surface area contributed by atoms with Crippen molar-refractivity contribution in [1.82, 2.24) is 9.62 Å². The lowest BCUT2D eigenvalue weighted by Crippen LogP contribution is -2.46. The van der Waals surface area contributed by atoms with Crippen LogP contribution >= 0.6 is 11.6 Å². The highest BCUT2D eigenvalue weighted by Gasteiger charge is 2.33. The van der Waals surface area contributed by atoms with Gasteiger partial charge in [-0.15, -0.1) is 0 Å². The molecule has 0 bridgehead atoms. The number of sulfonamides is 1. The molecule has 0 saturated heterocycles. The topological polar surface area (TPSA) is 113 Å². The summed E-state index contributed by atoms with van der Waals surface area (Å²) in [6, 6.07) is 25.1. The first kappa shape index (κ1) is 29.8. The molecule has 0 spiro atoms. The summed E-state index contributed by atoms with van der Waals surface area (Å²) < 4.78 is 28.4. The average Bonchev–Trinajstić information content (AvgIpc) is 2.96. The van der Waals surface area contributed by atoms with E-state index in [0.717, 1.165) is 5.39 Å². The minimum Gasteiger partial charge on any atom is -0.343 e. The predicted molar refractivity (Wildman–Crippen MR) is 160 cm³/mol. The fourth-order valence-electron chi connectivity index (χ4n) is 4.44. The molecule has 1 unspecified atom stereocenters. The molecule has 0 aliphatic carbocycles. The van der Waals surface area contributed by atoms with E-state index in [4.69, 9.17) is 11.6 Å². The minimum atomic E-state index is -4.24. The monoisotopic (exact) mass is 591 g/mol. The molecule has 8 nitrogen and oxygen atoms in total. The van der Waals surface area contributed by atoms with Crippen LogP contribution in [0.4, 0.5) is 5.69 Å². The quantitative estimate of drug-likeness (QED) is 0.244. The number of hydrogen-bond donors (Lipinski definition) is 2. The molecule has 4 aromatic rings. The van der Waals surface area contributed by atoms with E-state index in [1.165, 1.54) is 17.0 Å². The average molecular weight is 592 g/mol. The Morgan fingerprint density at radius 1 is 0.829 bits per heavy atom. The molecule has 3 amide bonds. The highest BCUT2D eigenvalue weighted by molar-refractivity contribution is 7.90. The van der Waals surface area contributed by atoms with Crippen molar-refractivity contribution in [1.29, 1.82) is 0 Å². The summed E-state index contributed by atoms with van der Waals surface area (Å²) in [5.74, 6) is -3.00. The van der Waals surface area contributed by atoms with Crippen molar-refractivity contribution in [2.75, 3.05) is 18.4 Å². The van der Waals surface area contributed by atoms with Crippen molar-refractivity contribution in [3.05, 3.63) is 107 Å². The number of nitrogens with one attached hydrogen (secondary N) is 2. The van der Waals surface area contributed by atoms with Gasteiger partial charge in [-0.3, -0.25) is 14.4 Å². The molecule has 0 aliphatic heterocycles. The van der Waals surface area contributed by atoms with Gasteiger partial charge in [0, 0.05) is 29.4 Å². The molecular formula is C31H30ClN3O5S. The van der Waals surface area contributed by atoms with E-state index < -0.39 is 27.8 Å². The van der Waals surface area contributed by atoms with Crippen LogP contribution in [0.3, 0.4) is 0 Å². The van der Waals surface area contributed by atoms with Crippen LogP contribution in [-0.2, 0) is 26.0 Å². The maximum absolute atomic E-state index is 13.4. The fourth-order valence-corrected chi connectivity index (χ4v) is 5.68. The second kappa shape index (κ2) is 13.0. The minimum absolute atomic E-state index is 0.0308. The van der Waals surface area contributed by atoms with Gasteiger partial charge >= 0.3 is 0 Å². The first-order valence-corrected chi connectivity index (χ1v) is 15.0. The number of fused-ring (bicyclic) bond motifs is 1. The third-order valence-electron chi connectivity index (χ3n) is 6.69. The van der Waals surface area contributed by atoms with Crippen molar-refractivity contribution in [2.45, 2.75) is 25.2 Å². The molecule has 0 saturated carbocycles. The Kier molecular flexibility index (Phi) is 9.42. The molecular weight excluding hydrogens is 562 g/mol. The molecule has 212 valence electrons. The van der Waals surface area contributed by atoms with Gasteiger partial charge in [0.25, 0.3) is 15.9 Å². The van der Waals surface area contributed by atoms with Crippen LogP contribution in [-0.4, -0.2) is 44.1 Å². The number of carbonyl (C=O) groups is 3. The normalized spacial score (nSPS) is 12.0. The molecule has 0 heterocycles. The van der Waals surface area contributed by atoms with Gasteiger partial charge < -0.3 is 10.2 Å². The Labute approximate surface area is 244 Å². The predicted octanol–water partition coefficient (Wildman–Crippen LogP) is 5.28. The van der Waals surface area contributed by atoms with Crippen molar-refractivity contribution < 1.29 is 22.8 Å². The lowest BCUT2D eigenvalue weighted by molar-refractivity contribution is -0.141. The lowest BCUT2D eigenvalue weighted by atomic mass is 9.97. The molecule has 4 rings (SSSR count). The summed E-state index contributed by atoms with van der Waals surface area (Å²) >= 11 is 5.97. The Hall–Kier alpha value is -4.21. The zero-order chi connectivity index (χ0) is 29.6. The van der Waals surface area contributed by atoms with Gasteiger partial charge in [-0.25, -0.2) is 13.1 Å². The number of benzene rings is 4. The van der Waals surface area contributed by atoms with Gasteiger partial charge in [0.1, 0.15) is 5.92 Å². The summed E-state index contributed by atoms with van der Waals surface area (Å²) in [4.78, 5) is 40.7. The molecule has 0 aliphatic rings. The highest BCUT2D eigenvalue weighted by atomic mass is 35.5. The summed E-state index contributed by atoms with van der Waals surface area (Å²) in [5.41, 5.74) is 1.53. The summed E-state index contributed by atoms with van der Waals surface area (Å²) in [6.07, 6.45) is -0.0308. The Balaban J connectivity index is 1.53. The number of anilines is 1. The van der Waals surface area contributed by atoms with E-state index in [-0.39, 0.29) is 17.2 Å². The van der Waals surface area contributed by atoms with Crippen LogP contribution in [0, 0.1) is 5.92 Å². The molecule has 0 radical (unpaired) electrons. The second-order valence-corrected chi connectivity index (χ2v) is 11.5. The Morgan fingerprint density at radius 3 is 2.17 bits per heavy atom. The van der Waals surface area contributed by atoms with Crippen LogP contribution in [0.15, 0.2) is 95.9 Å². The SMILES string of the molecule is CCN(CC)C(=O)C(Cc1ccc(NC(=O)c2cccc(Cl)c2)cc1)C(=O)NS(=O)(=O)c1ccc2ccccc2c1. The zero-order valence-electron chi connectivity index (χ0n) is 22.6. The molecule has 0 aromatic heterocycles. The fraction of sp³-hybridized carbons (Fsp3) is 0.194. The van der Waals surface area contributed by atoms with E-state index in [2.05, 4.69) is 10.0 Å². The smallest absolute Gasteiger partial charge is 0.264 e. The first-order chi connectivity index (χ1) is 19.6. The number of hydrogen-bond acceptors (Lipinski definition) is 5. The maximum Gasteiger partial charge on any atom is 0.264 e. The van der Waals surface area contributed by atoms with E-state index in [1.807, 2.05) is 12.1 Å². The third-order valence-corrected chi connectivity index (χ3v) is 8.27. The molecule has 2 N–H and O–H groups in total. The highest BCUT2D eigenvalue weighted by Crippen LogP contribution is 2.21. The lowest BCUT2D eigenvalue weighted by Gasteiger charge is -2.25. The van der Waals surface area contributed by atoms with E-state index in [1.54, 1.807) is 80.6 Å². The van der Waals surface area contributed by atoms with Crippen molar-refractivity contribution in [3.63, 3.8) is 0 Å². The standard InChI is InChI=1S/C31H30ClN3O5S/c1-3-35(4-2)31(38)28(30(37)34-41(39,40)27-17-14-22-8-5-6-9-23(22)20-27)18-21-12-15-26(16-13-21)33-29(36)24-10-7-11-25(32)19-24/h5-17,19-20,28H,3-4,18H2,1-2H3,(H,33,36)(H,34,37). The van der Waals surface area contributed by atoms with Gasteiger partial charge in [-0.1, -0.05) is 60.1 Å². The van der Waals surface area contributed by atoms with Gasteiger partial charge in [-0.05, 0) is 79.1 Å². The largest absolute Gasteiger partial charge is 0.343 e. The Bertz CT molecular complexity index is 1690. The van der Waals surface area contributed by atoms with Gasteiger partial charge in [0.2, 0.25) is 11.8 Å². The molecule has 4 aromatic carbocycles. The van der Waals surface area contributed by atoms with Crippen LogP contribution < -0.4 is 10.0 Å². The van der Waals surface area contributed by atoms with Crippen molar-refractivity contribution >= 4 is 55.8 Å². The Morgan fingerprint density at radius 2 is 1.51 bits per heavy atom. The summed E-state index contributed by atoms with van der Waals surface area (Å²) in [6.45, 7) is 4.31. The number of carbonyl (C=O) groups excluding carboxylic acids is 3. The van der Waals surface area contributed by atoms with E-state index in [0.29, 0.717) is 40.3 Å². The van der Waals surface area contributed by atoms with Gasteiger partial charge in [0.15, 0.2) is 0 Å². The molecule has 41 heavy (non-hydrogen) atoms. The van der Waals surface area contributed by atoms with Crippen LogP contribution in [0.25, 0.3) is 10.8 Å². The number of amides is 3. The summed E-state index contributed by atoms with van der Waals surface area (Å²) in [7, 11) is -4.24. The molecule has 10 heteroatoms. The molecule has 0 fully saturated rings. The third kappa shape index (κ3) is 7.31. The van der Waals surface area contributed by atoms with Gasteiger partial charge in [-0.2, -0.15) is 0 Å². The maximum atomic E-state index is 13.4.